The van der Waals surface area contributed by atoms with Crippen LogP contribution in [0.2, 0.25) is 5.02 Å². The minimum atomic E-state index is 0.231. The Balaban J connectivity index is 1.88. The Morgan fingerprint density at radius 3 is 2.96 bits per heavy atom. The third-order valence-electron chi connectivity index (χ3n) is 3.39. The summed E-state index contributed by atoms with van der Waals surface area (Å²) in [5, 5.41) is 26.3. The molecule has 1 aliphatic rings. The number of nitrogens with one attached hydrogen (secondary N) is 2. The molecule has 0 radical (unpaired) electrons. The number of aromatic amines is 1. The molecule has 2 N–H and O–H groups in total. The number of para-hydroxylation sites is 1. The van der Waals surface area contributed by atoms with Crippen LogP contribution in [0.3, 0.4) is 0 Å². The van der Waals surface area contributed by atoms with Gasteiger partial charge in [-0.25, -0.2) is 0 Å². The molecule has 0 aliphatic carbocycles. The van der Waals surface area contributed by atoms with Crippen molar-refractivity contribution in [2.24, 2.45) is 0 Å². The van der Waals surface area contributed by atoms with Gasteiger partial charge in [0.1, 0.15) is 11.6 Å². The van der Waals surface area contributed by atoms with Gasteiger partial charge in [-0.05, 0) is 17.3 Å². The largest absolute Gasteiger partial charge is 0.378 e. The first-order valence-electron chi connectivity index (χ1n) is 7.01. The predicted octanol–water partition coefficient (Wildman–Crippen LogP) is 1.67. The van der Waals surface area contributed by atoms with Gasteiger partial charge in [-0.15, -0.1) is 10.2 Å². The zero-order chi connectivity index (χ0) is 16.1. The van der Waals surface area contributed by atoms with Crippen LogP contribution >= 0.6 is 11.6 Å². The summed E-state index contributed by atoms with van der Waals surface area (Å²) < 4.78 is 5.38. The summed E-state index contributed by atoms with van der Waals surface area (Å²) in [4.78, 5) is 2.16. The number of hydrogen-bond acceptors (Lipinski definition) is 7. The molecule has 1 aromatic heterocycles. The van der Waals surface area contributed by atoms with Gasteiger partial charge in [0.05, 0.1) is 29.6 Å². The summed E-state index contributed by atoms with van der Waals surface area (Å²) in [6, 6.07) is 7.63. The number of H-pyrrole nitrogens is 1. The molecule has 0 atom stereocenters. The lowest BCUT2D eigenvalue weighted by atomic mass is 10.2. The molecule has 1 aromatic carbocycles. The highest BCUT2D eigenvalue weighted by Crippen LogP contribution is 2.34. The van der Waals surface area contributed by atoms with E-state index in [9.17, 15) is 5.26 Å². The van der Waals surface area contributed by atoms with Crippen molar-refractivity contribution in [2.75, 3.05) is 36.5 Å². The van der Waals surface area contributed by atoms with Crippen LogP contribution in [0.25, 0.3) is 5.57 Å². The van der Waals surface area contributed by atoms with Gasteiger partial charge in [0.25, 0.3) is 0 Å². The Kier molecular flexibility index (Phi) is 4.71. The molecular weight excluding hydrogens is 318 g/mol. The van der Waals surface area contributed by atoms with Gasteiger partial charge in [-0.3, -0.25) is 0 Å². The van der Waals surface area contributed by atoms with Gasteiger partial charge in [0.15, 0.2) is 0 Å². The molecule has 0 amide bonds. The van der Waals surface area contributed by atoms with E-state index in [0.717, 1.165) is 24.5 Å². The van der Waals surface area contributed by atoms with E-state index in [1.54, 1.807) is 6.20 Å². The Labute approximate surface area is 137 Å². The Bertz CT molecular complexity index is 732. The highest BCUT2D eigenvalue weighted by Gasteiger charge is 2.17. The first-order chi connectivity index (χ1) is 11.3. The van der Waals surface area contributed by atoms with Crippen molar-refractivity contribution < 1.29 is 4.74 Å². The standard InChI is InChI=1S/C14H14ClN7O/c15-11-2-1-3-12(13(11)22-4-6-23-7-5-22)17-9-10(8-16)14-18-20-21-19-14/h1-3,9,17H,4-7H2,(H,18,19,20,21). The summed E-state index contributed by atoms with van der Waals surface area (Å²) >= 11 is 6.36. The first kappa shape index (κ1) is 15.3. The van der Waals surface area contributed by atoms with Crippen molar-refractivity contribution in [1.29, 1.82) is 5.26 Å². The maximum absolute atomic E-state index is 9.22. The van der Waals surface area contributed by atoms with E-state index in [0.29, 0.717) is 18.2 Å². The molecule has 9 heteroatoms. The number of halogens is 1. The molecule has 118 valence electrons. The molecule has 3 rings (SSSR count). The maximum Gasteiger partial charge on any atom is 0.216 e. The quantitative estimate of drug-likeness (QED) is 0.821. The number of nitriles is 1. The maximum atomic E-state index is 9.22. The number of ether oxygens (including phenoxy) is 1. The molecular formula is C14H14ClN7O. The Hall–Kier alpha value is -2.63. The van der Waals surface area contributed by atoms with Gasteiger partial charge < -0.3 is 15.0 Å². The molecule has 1 fully saturated rings. The minimum Gasteiger partial charge on any atom is -0.378 e. The SMILES string of the molecule is N#CC(=CNc1cccc(Cl)c1N1CCOCC1)c1nn[nH]n1. The number of morpholine rings is 1. The molecule has 0 bridgehead atoms. The molecule has 0 unspecified atom stereocenters. The van der Waals surface area contributed by atoms with E-state index in [-0.39, 0.29) is 11.4 Å². The smallest absolute Gasteiger partial charge is 0.216 e. The number of nitrogens with zero attached hydrogens (tertiary/aromatic N) is 5. The van der Waals surface area contributed by atoms with Crippen molar-refractivity contribution in [2.45, 2.75) is 0 Å². The molecule has 0 spiro atoms. The van der Waals surface area contributed by atoms with Gasteiger partial charge in [-0.1, -0.05) is 17.7 Å². The summed E-state index contributed by atoms with van der Waals surface area (Å²) in [5.74, 6) is 0.231. The molecule has 2 aromatic rings. The molecule has 8 nitrogen and oxygen atoms in total. The molecule has 23 heavy (non-hydrogen) atoms. The van der Waals surface area contributed by atoms with Gasteiger partial charge >= 0.3 is 0 Å². The van der Waals surface area contributed by atoms with Crippen molar-refractivity contribution in [1.82, 2.24) is 20.6 Å². The minimum absolute atomic E-state index is 0.231. The fourth-order valence-electron chi connectivity index (χ4n) is 2.31. The summed E-state index contributed by atoms with van der Waals surface area (Å²) in [5.41, 5.74) is 1.96. The van der Waals surface area contributed by atoms with Crippen LogP contribution in [0.4, 0.5) is 11.4 Å². The number of tetrazole rings is 1. The van der Waals surface area contributed by atoms with Crippen molar-refractivity contribution in [3.05, 3.63) is 35.2 Å². The lowest BCUT2D eigenvalue weighted by Crippen LogP contribution is -2.36. The summed E-state index contributed by atoms with van der Waals surface area (Å²) in [6.07, 6.45) is 1.54. The van der Waals surface area contributed by atoms with Crippen LogP contribution in [0.5, 0.6) is 0 Å². The number of allylic oxidation sites excluding steroid dienone is 1. The predicted molar refractivity (Wildman–Crippen MR) is 85.9 cm³/mol. The number of rotatable bonds is 4. The van der Waals surface area contributed by atoms with Gasteiger partial charge in [-0.2, -0.15) is 10.5 Å². The summed E-state index contributed by atoms with van der Waals surface area (Å²) in [6.45, 7) is 2.84. The second kappa shape index (κ2) is 7.09. The fraction of sp³-hybridized carbons (Fsp3) is 0.286. The lowest BCUT2D eigenvalue weighted by Gasteiger charge is -2.31. The van der Waals surface area contributed by atoms with Crippen LogP contribution in [0.1, 0.15) is 5.82 Å². The van der Waals surface area contributed by atoms with Crippen LogP contribution < -0.4 is 10.2 Å². The van der Waals surface area contributed by atoms with E-state index in [2.05, 4.69) is 30.8 Å². The summed E-state index contributed by atoms with van der Waals surface area (Å²) in [7, 11) is 0. The van der Waals surface area contributed by atoms with Crippen molar-refractivity contribution in [3.8, 4) is 6.07 Å². The Morgan fingerprint density at radius 2 is 2.26 bits per heavy atom. The average molecular weight is 332 g/mol. The van der Waals surface area contributed by atoms with Crippen LogP contribution in [0, 0.1) is 11.3 Å². The molecule has 1 saturated heterocycles. The topological polar surface area (TPSA) is 103 Å². The molecule has 0 saturated carbocycles. The number of benzene rings is 1. The number of hydrogen-bond donors (Lipinski definition) is 2. The van der Waals surface area contributed by atoms with Crippen molar-refractivity contribution >= 4 is 28.5 Å². The molecule has 1 aliphatic heterocycles. The van der Waals surface area contributed by atoms with Gasteiger partial charge in [0.2, 0.25) is 5.82 Å². The number of anilines is 2. The van der Waals surface area contributed by atoms with E-state index in [1.807, 2.05) is 24.3 Å². The zero-order valence-electron chi connectivity index (χ0n) is 12.2. The van der Waals surface area contributed by atoms with Crippen LogP contribution in [-0.4, -0.2) is 46.9 Å². The van der Waals surface area contributed by atoms with E-state index in [1.165, 1.54) is 0 Å². The van der Waals surface area contributed by atoms with Crippen molar-refractivity contribution in [3.63, 3.8) is 0 Å². The highest BCUT2D eigenvalue weighted by molar-refractivity contribution is 6.34. The van der Waals surface area contributed by atoms with Gasteiger partial charge in [0, 0.05) is 19.3 Å². The third-order valence-corrected chi connectivity index (χ3v) is 3.70. The zero-order valence-corrected chi connectivity index (χ0v) is 12.9. The van der Waals surface area contributed by atoms with E-state index < -0.39 is 0 Å². The second-order valence-corrected chi connectivity index (χ2v) is 5.19. The van der Waals surface area contributed by atoms with E-state index in [4.69, 9.17) is 16.3 Å². The normalized spacial score (nSPS) is 15.3. The average Bonchev–Trinajstić information content (AvgIpc) is 3.11. The fourth-order valence-corrected chi connectivity index (χ4v) is 2.61. The number of aromatic nitrogens is 4. The van der Waals surface area contributed by atoms with Crippen LogP contribution in [0.15, 0.2) is 24.4 Å². The highest BCUT2D eigenvalue weighted by atomic mass is 35.5. The first-order valence-corrected chi connectivity index (χ1v) is 7.39. The monoisotopic (exact) mass is 331 g/mol. The van der Waals surface area contributed by atoms with Crippen LogP contribution in [-0.2, 0) is 4.74 Å². The second-order valence-electron chi connectivity index (χ2n) is 4.78. The molecule has 2 heterocycles. The van der Waals surface area contributed by atoms with E-state index >= 15 is 0 Å². The Morgan fingerprint density at radius 1 is 1.43 bits per heavy atom. The third kappa shape index (κ3) is 3.41. The lowest BCUT2D eigenvalue weighted by molar-refractivity contribution is 0.123.